The average molecular weight is 523 g/mol. The van der Waals surface area contributed by atoms with Crippen LogP contribution in [0.5, 0.6) is 0 Å². The number of hydrogen-bond acceptors (Lipinski definition) is 3. The van der Waals surface area contributed by atoms with Crippen molar-refractivity contribution in [2.45, 2.75) is 32.6 Å². The SMILES string of the molecule is CCNC(=NCC(=O)N(C)CCc1ccccn1)NCC(C)(C)c1ccccc1.I. The molecule has 0 aliphatic rings. The van der Waals surface area contributed by atoms with E-state index in [0.29, 0.717) is 19.0 Å². The second-order valence-electron chi connectivity index (χ2n) is 7.68. The smallest absolute Gasteiger partial charge is 0.244 e. The van der Waals surface area contributed by atoms with Crippen molar-refractivity contribution in [2.75, 3.05) is 33.2 Å². The molecule has 0 bridgehead atoms. The molecule has 2 N–H and O–H groups in total. The van der Waals surface area contributed by atoms with E-state index in [1.807, 2.05) is 31.2 Å². The molecule has 0 aliphatic heterocycles. The maximum atomic E-state index is 12.4. The summed E-state index contributed by atoms with van der Waals surface area (Å²) in [5.74, 6) is 0.642. The summed E-state index contributed by atoms with van der Waals surface area (Å²) in [6.07, 6.45) is 2.50. The molecule has 6 nitrogen and oxygen atoms in total. The molecule has 0 saturated heterocycles. The maximum absolute atomic E-state index is 12.4. The lowest BCUT2D eigenvalue weighted by molar-refractivity contribution is -0.128. The van der Waals surface area contributed by atoms with E-state index in [0.717, 1.165) is 18.7 Å². The van der Waals surface area contributed by atoms with Gasteiger partial charge in [-0.15, -0.1) is 24.0 Å². The van der Waals surface area contributed by atoms with Crippen molar-refractivity contribution in [3.05, 3.63) is 66.0 Å². The second kappa shape index (κ2) is 13.2. The van der Waals surface area contributed by atoms with Gasteiger partial charge in [0.05, 0.1) is 0 Å². The fourth-order valence-corrected chi connectivity index (χ4v) is 2.86. The summed E-state index contributed by atoms with van der Waals surface area (Å²) < 4.78 is 0. The predicted octanol–water partition coefficient (Wildman–Crippen LogP) is 3.23. The quantitative estimate of drug-likeness (QED) is 0.301. The number of pyridine rings is 1. The number of carbonyl (C=O) groups excluding carboxylic acids is 1. The second-order valence-corrected chi connectivity index (χ2v) is 7.68. The molecule has 164 valence electrons. The number of nitrogens with zero attached hydrogens (tertiary/aromatic N) is 3. The molecule has 0 aliphatic carbocycles. The van der Waals surface area contributed by atoms with Crippen LogP contribution in [-0.4, -0.2) is 55.0 Å². The van der Waals surface area contributed by atoms with Crippen LogP contribution >= 0.6 is 24.0 Å². The van der Waals surface area contributed by atoms with Crippen molar-refractivity contribution in [1.82, 2.24) is 20.5 Å². The third-order valence-electron chi connectivity index (χ3n) is 4.82. The Morgan fingerprint density at radius 1 is 1.10 bits per heavy atom. The summed E-state index contributed by atoms with van der Waals surface area (Å²) in [7, 11) is 1.81. The van der Waals surface area contributed by atoms with Crippen LogP contribution in [0.15, 0.2) is 59.7 Å². The van der Waals surface area contributed by atoms with Gasteiger partial charge in [-0.1, -0.05) is 50.2 Å². The lowest BCUT2D eigenvalue weighted by Gasteiger charge is -2.26. The zero-order valence-corrected chi connectivity index (χ0v) is 20.7. The molecular formula is C23H34IN5O. The summed E-state index contributed by atoms with van der Waals surface area (Å²) in [5.41, 5.74) is 2.18. The van der Waals surface area contributed by atoms with Gasteiger partial charge in [-0.25, -0.2) is 4.99 Å². The number of nitrogens with one attached hydrogen (secondary N) is 2. The van der Waals surface area contributed by atoms with Crippen LogP contribution in [-0.2, 0) is 16.6 Å². The molecule has 2 rings (SSSR count). The highest BCUT2D eigenvalue weighted by molar-refractivity contribution is 14.0. The average Bonchev–Trinajstić information content (AvgIpc) is 2.75. The summed E-state index contributed by atoms with van der Waals surface area (Å²) >= 11 is 0. The molecule has 0 atom stereocenters. The Morgan fingerprint density at radius 3 is 2.43 bits per heavy atom. The van der Waals surface area contributed by atoms with E-state index in [2.05, 4.69) is 58.7 Å². The van der Waals surface area contributed by atoms with Gasteiger partial charge in [0, 0.05) is 50.4 Å². The van der Waals surface area contributed by atoms with Gasteiger partial charge in [-0.3, -0.25) is 9.78 Å². The molecule has 0 radical (unpaired) electrons. The molecule has 1 aromatic carbocycles. The first-order valence-electron chi connectivity index (χ1n) is 10.1. The summed E-state index contributed by atoms with van der Waals surface area (Å²) in [6, 6.07) is 16.2. The van der Waals surface area contributed by atoms with Crippen LogP contribution in [0.1, 0.15) is 32.0 Å². The Hall–Kier alpha value is -2.16. The summed E-state index contributed by atoms with van der Waals surface area (Å²) in [6.45, 7) is 8.58. The van der Waals surface area contributed by atoms with Gasteiger partial charge in [0.25, 0.3) is 0 Å². The molecule has 2 aromatic rings. The molecule has 1 heterocycles. The van der Waals surface area contributed by atoms with Gasteiger partial charge in [-0.05, 0) is 24.6 Å². The van der Waals surface area contributed by atoms with E-state index in [1.165, 1.54) is 5.56 Å². The molecule has 0 fully saturated rings. The number of aliphatic imine (C=N–C) groups is 1. The van der Waals surface area contributed by atoms with Crippen molar-refractivity contribution in [3.8, 4) is 0 Å². The van der Waals surface area contributed by atoms with E-state index >= 15 is 0 Å². The number of rotatable bonds is 9. The highest BCUT2D eigenvalue weighted by Gasteiger charge is 2.20. The minimum absolute atomic E-state index is 0. The number of likely N-dealkylation sites (N-methyl/N-ethyl adjacent to an activating group) is 1. The monoisotopic (exact) mass is 523 g/mol. The topological polar surface area (TPSA) is 69.6 Å². The minimum atomic E-state index is -0.0546. The van der Waals surface area contributed by atoms with Gasteiger partial charge in [-0.2, -0.15) is 0 Å². The highest BCUT2D eigenvalue weighted by Crippen LogP contribution is 2.21. The largest absolute Gasteiger partial charge is 0.357 e. The number of carbonyl (C=O) groups is 1. The Morgan fingerprint density at radius 2 is 1.80 bits per heavy atom. The van der Waals surface area contributed by atoms with Crippen molar-refractivity contribution < 1.29 is 4.79 Å². The number of aromatic nitrogens is 1. The van der Waals surface area contributed by atoms with Gasteiger partial charge in [0.15, 0.2) is 5.96 Å². The van der Waals surface area contributed by atoms with E-state index in [4.69, 9.17) is 0 Å². The van der Waals surface area contributed by atoms with Crippen molar-refractivity contribution >= 4 is 35.8 Å². The first-order chi connectivity index (χ1) is 13.9. The van der Waals surface area contributed by atoms with Crippen LogP contribution in [0.25, 0.3) is 0 Å². The Bertz CT molecular complexity index is 781. The molecule has 7 heteroatoms. The van der Waals surface area contributed by atoms with Gasteiger partial charge < -0.3 is 15.5 Å². The van der Waals surface area contributed by atoms with Crippen molar-refractivity contribution in [1.29, 1.82) is 0 Å². The third-order valence-corrected chi connectivity index (χ3v) is 4.82. The van der Waals surface area contributed by atoms with Crippen molar-refractivity contribution in [3.63, 3.8) is 0 Å². The number of halogens is 1. The molecule has 30 heavy (non-hydrogen) atoms. The molecule has 0 unspecified atom stereocenters. The minimum Gasteiger partial charge on any atom is -0.357 e. The molecule has 0 spiro atoms. The lowest BCUT2D eigenvalue weighted by atomic mass is 9.85. The van der Waals surface area contributed by atoms with Crippen LogP contribution < -0.4 is 10.6 Å². The zero-order valence-electron chi connectivity index (χ0n) is 18.4. The molecule has 1 amide bonds. The molecule has 0 saturated carbocycles. The lowest BCUT2D eigenvalue weighted by Crippen LogP contribution is -2.44. The van der Waals surface area contributed by atoms with Crippen LogP contribution in [0.3, 0.4) is 0 Å². The number of amides is 1. The van der Waals surface area contributed by atoms with E-state index in [-0.39, 0.29) is 41.8 Å². The Balaban J connectivity index is 0.00000450. The maximum Gasteiger partial charge on any atom is 0.244 e. The Kier molecular flexibility index (Phi) is 11.4. The first-order valence-corrected chi connectivity index (χ1v) is 10.1. The number of guanidine groups is 1. The fraction of sp³-hybridized carbons (Fsp3) is 0.435. The third kappa shape index (κ3) is 8.69. The zero-order chi connectivity index (χ0) is 21.1. The summed E-state index contributed by atoms with van der Waals surface area (Å²) in [5, 5.41) is 6.59. The van der Waals surface area contributed by atoms with Gasteiger partial charge in [0.1, 0.15) is 6.54 Å². The van der Waals surface area contributed by atoms with E-state index in [9.17, 15) is 4.79 Å². The normalized spacial score (nSPS) is 11.4. The van der Waals surface area contributed by atoms with Crippen molar-refractivity contribution in [2.24, 2.45) is 4.99 Å². The number of hydrogen-bond donors (Lipinski definition) is 2. The standard InChI is InChI=1S/C23H33N5O.HI/c1-5-24-22(27-18-23(2,3)19-11-7-6-8-12-19)26-17-21(29)28(4)16-14-20-13-9-10-15-25-20;/h6-13,15H,5,14,16-18H2,1-4H3,(H2,24,26,27);1H. The van der Waals surface area contributed by atoms with Crippen LogP contribution in [0, 0.1) is 0 Å². The predicted molar refractivity (Wildman–Crippen MR) is 134 cm³/mol. The van der Waals surface area contributed by atoms with Gasteiger partial charge in [0.2, 0.25) is 5.91 Å². The first kappa shape index (κ1) is 25.9. The van der Waals surface area contributed by atoms with Crippen LogP contribution in [0.4, 0.5) is 0 Å². The highest BCUT2D eigenvalue weighted by atomic mass is 127. The van der Waals surface area contributed by atoms with Gasteiger partial charge >= 0.3 is 0 Å². The molecular weight excluding hydrogens is 489 g/mol. The fourth-order valence-electron chi connectivity index (χ4n) is 2.86. The summed E-state index contributed by atoms with van der Waals surface area (Å²) in [4.78, 5) is 22.9. The van der Waals surface area contributed by atoms with Crippen LogP contribution in [0.2, 0.25) is 0 Å². The van der Waals surface area contributed by atoms with E-state index < -0.39 is 0 Å². The number of benzene rings is 1. The van der Waals surface area contributed by atoms with E-state index in [1.54, 1.807) is 18.1 Å². The molecule has 1 aromatic heterocycles. The Labute approximate surface area is 197 Å².